The quantitative estimate of drug-likeness (QED) is 0.309. The van der Waals surface area contributed by atoms with E-state index in [-0.39, 0.29) is 23.0 Å². The Morgan fingerprint density at radius 1 is 1.02 bits per heavy atom. The SMILES string of the molecule is CC[C@H]1[C@@H](O)[C@@H]2[C@H](CC[C@]3(C)[C@@H]([C@H](C)CCOC(=O)NS(=O)(=O)c4ccc(N5CCCCC5)nc4)CC[C@@H]23)[C@@]2(C)CCCC[C@@H]12. The summed E-state index contributed by atoms with van der Waals surface area (Å²) in [4.78, 5) is 19.0. The lowest BCUT2D eigenvalue weighted by molar-refractivity contribution is -0.194. The first-order valence-electron chi connectivity index (χ1n) is 18.1. The fourth-order valence-electron chi connectivity index (χ4n) is 11.6. The Bertz CT molecular complexity index is 1300. The summed E-state index contributed by atoms with van der Waals surface area (Å²) in [5, 5.41) is 11.9. The number of sulfonamides is 1. The number of nitrogens with zero attached hydrogens (tertiary/aromatic N) is 2. The smallest absolute Gasteiger partial charge is 0.421 e. The highest BCUT2D eigenvalue weighted by atomic mass is 32.2. The molecule has 1 saturated heterocycles. The molecule has 4 aliphatic carbocycles. The minimum absolute atomic E-state index is 0.0438. The molecule has 252 valence electrons. The summed E-state index contributed by atoms with van der Waals surface area (Å²) in [6.07, 6.45) is 15.4. The number of aliphatic hydroxyl groups excluding tert-OH is 1. The number of aromatic nitrogens is 1. The molecule has 1 aromatic heterocycles. The second-order valence-electron chi connectivity index (χ2n) is 15.8. The molecule has 2 heterocycles. The zero-order chi connectivity index (χ0) is 32.0. The molecule has 6 rings (SSSR count). The molecule has 5 fully saturated rings. The Morgan fingerprint density at radius 3 is 2.49 bits per heavy atom. The van der Waals surface area contributed by atoms with Crippen molar-refractivity contribution in [3.63, 3.8) is 0 Å². The normalized spacial score (nSPS) is 38.9. The largest absolute Gasteiger partial charge is 0.449 e. The maximum absolute atomic E-state index is 12.8. The number of nitrogens with one attached hydrogen (secondary N) is 1. The molecule has 4 saturated carbocycles. The number of carbonyl (C=O) groups is 1. The Morgan fingerprint density at radius 2 is 1.78 bits per heavy atom. The molecule has 0 radical (unpaired) electrons. The minimum atomic E-state index is -4.07. The van der Waals surface area contributed by atoms with Crippen LogP contribution in [0, 0.1) is 52.3 Å². The highest BCUT2D eigenvalue weighted by Crippen LogP contribution is 2.69. The van der Waals surface area contributed by atoms with Crippen LogP contribution in [0.1, 0.15) is 111 Å². The van der Waals surface area contributed by atoms with E-state index < -0.39 is 16.1 Å². The van der Waals surface area contributed by atoms with E-state index in [1.807, 2.05) is 0 Å². The van der Waals surface area contributed by atoms with Crippen LogP contribution in [-0.4, -0.2) is 50.4 Å². The summed E-state index contributed by atoms with van der Waals surface area (Å²) in [6.45, 7) is 11.6. The van der Waals surface area contributed by atoms with E-state index in [1.165, 1.54) is 63.6 Å². The van der Waals surface area contributed by atoms with Crippen LogP contribution in [-0.2, 0) is 14.8 Å². The van der Waals surface area contributed by atoms with Gasteiger partial charge in [0.15, 0.2) is 0 Å². The number of piperidine rings is 1. The molecule has 1 aromatic rings. The summed E-state index contributed by atoms with van der Waals surface area (Å²) < 4.78 is 33.2. The average molecular weight is 644 g/mol. The van der Waals surface area contributed by atoms with E-state index in [0.29, 0.717) is 53.3 Å². The lowest BCUT2D eigenvalue weighted by Gasteiger charge is -2.64. The molecule has 0 spiro atoms. The molecule has 45 heavy (non-hydrogen) atoms. The molecule has 0 unspecified atom stereocenters. The molecule has 9 heteroatoms. The van der Waals surface area contributed by atoms with Gasteiger partial charge in [0.1, 0.15) is 10.7 Å². The number of pyridine rings is 1. The second-order valence-corrected chi connectivity index (χ2v) is 17.5. The molecule has 2 N–H and O–H groups in total. The third kappa shape index (κ3) is 6.02. The number of hydrogen-bond donors (Lipinski definition) is 2. The van der Waals surface area contributed by atoms with Gasteiger partial charge in [0, 0.05) is 19.3 Å². The molecule has 0 aromatic carbocycles. The number of carbonyl (C=O) groups excluding carboxylic acids is 1. The van der Waals surface area contributed by atoms with E-state index in [9.17, 15) is 18.3 Å². The topological polar surface area (TPSA) is 109 Å². The van der Waals surface area contributed by atoms with Crippen molar-refractivity contribution in [1.29, 1.82) is 0 Å². The molecule has 10 atom stereocenters. The first kappa shape index (κ1) is 33.0. The number of aliphatic hydroxyl groups is 1. The van der Waals surface area contributed by atoms with Crippen LogP contribution in [0.4, 0.5) is 10.6 Å². The highest BCUT2D eigenvalue weighted by Gasteiger charge is 2.64. The van der Waals surface area contributed by atoms with Gasteiger partial charge >= 0.3 is 6.09 Å². The molecular formula is C36H57N3O5S. The standard InChI is InChI=1S/C36H57N3O5S/c1-5-26-28-11-7-8-18-35(28,3)30-16-19-36(4)27(13-14-29(36)32(30)33(26)40)24(2)17-22-44-34(41)38-45(42,43)25-12-15-31(37-23-25)39-20-9-6-10-21-39/h12,15,23-24,26-30,32-33,40H,5-11,13-14,16-22H2,1-4H3,(H,38,41)/t24-,26-,27-,28+,29+,30+,32+,33-,35+,36-/m1/s1. The summed E-state index contributed by atoms with van der Waals surface area (Å²) in [5.41, 5.74) is 0.539. The number of ether oxygens (including phenoxy) is 1. The monoisotopic (exact) mass is 643 g/mol. The maximum atomic E-state index is 12.8. The maximum Gasteiger partial charge on any atom is 0.421 e. The lowest BCUT2D eigenvalue weighted by atomic mass is 9.41. The number of rotatable bonds is 8. The van der Waals surface area contributed by atoms with Gasteiger partial charge in [-0.25, -0.2) is 22.9 Å². The highest BCUT2D eigenvalue weighted by molar-refractivity contribution is 7.90. The van der Waals surface area contributed by atoms with Gasteiger partial charge in [-0.15, -0.1) is 0 Å². The fourth-order valence-corrected chi connectivity index (χ4v) is 12.4. The molecule has 0 bridgehead atoms. The van der Waals surface area contributed by atoms with Crippen LogP contribution < -0.4 is 9.62 Å². The van der Waals surface area contributed by atoms with Crippen LogP contribution in [0.5, 0.6) is 0 Å². The van der Waals surface area contributed by atoms with E-state index in [1.54, 1.807) is 6.07 Å². The second kappa shape index (κ2) is 13.0. The van der Waals surface area contributed by atoms with Gasteiger partial charge in [0.25, 0.3) is 10.0 Å². The fraction of sp³-hybridized carbons (Fsp3) is 0.833. The van der Waals surface area contributed by atoms with Crippen LogP contribution >= 0.6 is 0 Å². The van der Waals surface area contributed by atoms with E-state index >= 15 is 0 Å². The molecule has 8 nitrogen and oxygen atoms in total. The van der Waals surface area contributed by atoms with Crippen LogP contribution in [0.25, 0.3) is 0 Å². The first-order valence-corrected chi connectivity index (χ1v) is 19.6. The van der Waals surface area contributed by atoms with Gasteiger partial charge in [0.2, 0.25) is 0 Å². The van der Waals surface area contributed by atoms with Gasteiger partial charge in [-0.1, -0.05) is 47.0 Å². The van der Waals surface area contributed by atoms with Crippen molar-refractivity contribution in [3.8, 4) is 0 Å². The molecular weight excluding hydrogens is 586 g/mol. The van der Waals surface area contributed by atoms with Crippen LogP contribution in [0.15, 0.2) is 23.2 Å². The predicted octanol–water partition coefficient (Wildman–Crippen LogP) is 7.17. The van der Waals surface area contributed by atoms with Crippen molar-refractivity contribution in [1.82, 2.24) is 9.71 Å². The van der Waals surface area contributed by atoms with Crippen molar-refractivity contribution in [2.45, 2.75) is 122 Å². The summed E-state index contributed by atoms with van der Waals surface area (Å²) in [7, 11) is -4.07. The Hall–Kier alpha value is -1.87. The number of hydrogen-bond acceptors (Lipinski definition) is 7. The van der Waals surface area contributed by atoms with Gasteiger partial charge < -0.3 is 14.7 Å². The summed E-state index contributed by atoms with van der Waals surface area (Å²) in [6, 6.07) is 3.21. The first-order chi connectivity index (χ1) is 21.5. The minimum Gasteiger partial charge on any atom is -0.449 e. The van der Waals surface area contributed by atoms with Gasteiger partial charge in [-0.05, 0) is 129 Å². The van der Waals surface area contributed by atoms with Crippen molar-refractivity contribution >= 4 is 21.9 Å². The Labute approximate surface area is 271 Å². The van der Waals surface area contributed by atoms with Crippen molar-refractivity contribution in [2.24, 2.45) is 52.3 Å². The van der Waals surface area contributed by atoms with Crippen molar-refractivity contribution < 1.29 is 23.1 Å². The Kier molecular flexibility index (Phi) is 9.52. The predicted molar refractivity (Wildman–Crippen MR) is 176 cm³/mol. The number of fused-ring (bicyclic) bond motifs is 5. The van der Waals surface area contributed by atoms with Gasteiger partial charge in [-0.3, -0.25) is 0 Å². The third-order valence-electron chi connectivity index (χ3n) is 13.8. The molecule has 1 amide bonds. The van der Waals surface area contributed by atoms with Crippen LogP contribution in [0.3, 0.4) is 0 Å². The van der Waals surface area contributed by atoms with Crippen LogP contribution in [0.2, 0.25) is 0 Å². The van der Waals surface area contributed by atoms with E-state index in [4.69, 9.17) is 4.74 Å². The third-order valence-corrected chi connectivity index (χ3v) is 15.1. The number of anilines is 1. The summed E-state index contributed by atoms with van der Waals surface area (Å²) in [5.74, 6) is 4.24. The van der Waals surface area contributed by atoms with Crippen molar-refractivity contribution in [3.05, 3.63) is 18.3 Å². The molecule has 5 aliphatic rings. The van der Waals surface area contributed by atoms with Gasteiger partial charge in [-0.2, -0.15) is 0 Å². The zero-order valence-electron chi connectivity index (χ0n) is 28.0. The summed E-state index contributed by atoms with van der Waals surface area (Å²) >= 11 is 0. The lowest BCUT2D eigenvalue weighted by Crippen LogP contribution is -2.61. The average Bonchev–Trinajstić information content (AvgIpc) is 3.39. The van der Waals surface area contributed by atoms with E-state index in [2.05, 4.69) is 42.3 Å². The zero-order valence-corrected chi connectivity index (χ0v) is 28.9. The molecule has 1 aliphatic heterocycles. The van der Waals surface area contributed by atoms with Crippen molar-refractivity contribution in [2.75, 3.05) is 24.6 Å². The Balaban J connectivity index is 1.04. The van der Waals surface area contributed by atoms with E-state index in [0.717, 1.165) is 44.6 Å². The van der Waals surface area contributed by atoms with Gasteiger partial charge in [0.05, 0.1) is 12.7 Å². The number of amides is 1.